The SMILES string of the molecule is OC(c1cccc(C2OCCO2)c1)c1cccc(C(F)(F)F)c1. The Morgan fingerprint density at radius 3 is 2.22 bits per heavy atom. The quantitative estimate of drug-likeness (QED) is 0.932. The van der Waals surface area contributed by atoms with Gasteiger partial charge in [-0.2, -0.15) is 13.2 Å². The van der Waals surface area contributed by atoms with Gasteiger partial charge in [-0.15, -0.1) is 0 Å². The summed E-state index contributed by atoms with van der Waals surface area (Å²) < 4.78 is 49.1. The minimum atomic E-state index is -4.44. The molecule has 0 spiro atoms. The highest BCUT2D eigenvalue weighted by Crippen LogP contribution is 2.33. The fourth-order valence-corrected chi connectivity index (χ4v) is 2.50. The average molecular weight is 324 g/mol. The van der Waals surface area contributed by atoms with Crippen LogP contribution >= 0.6 is 0 Å². The van der Waals surface area contributed by atoms with E-state index in [1.807, 2.05) is 0 Å². The van der Waals surface area contributed by atoms with Crippen molar-refractivity contribution in [3.05, 3.63) is 70.8 Å². The third kappa shape index (κ3) is 3.55. The smallest absolute Gasteiger partial charge is 0.384 e. The van der Waals surface area contributed by atoms with Crippen molar-refractivity contribution in [3.63, 3.8) is 0 Å². The second-order valence-corrected chi connectivity index (χ2v) is 5.27. The largest absolute Gasteiger partial charge is 0.416 e. The maximum atomic E-state index is 12.8. The maximum absolute atomic E-state index is 12.8. The first kappa shape index (κ1) is 16.0. The van der Waals surface area contributed by atoms with Crippen molar-refractivity contribution < 1.29 is 27.8 Å². The molecule has 0 aromatic heterocycles. The van der Waals surface area contributed by atoms with Gasteiger partial charge in [-0.05, 0) is 29.3 Å². The van der Waals surface area contributed by atoms with E-state index < -0.39 is 24.1 Å². The number of aliphatic hydroxyl groups excluding tert-OH is 1. The molecule has 1 aliphatic heterocycles. The van der Waals surface area contributed by atoms with Crippen molar-refractivity contribution >= 4 is 0 Å². The minimum Gasteiger partial charge on any atom is -0.384 e. The predicted octanol–water partition coefficient (Wildman–Crippen LogP) is 3.83. The lowest BCUT2D eigenvalue weighted by Crippen LogP contribution is -2.08. The number of aliphatic hydroxyl groups is 1. The topological polar surface area (TPSA) is 38.7 Å². The molecule has 1 saturated heterocycles. The molecule has 1 aliphatic rings. The highest BCUT2D eigenvalue weighted by Gasteiger charge is 2.31. The van der Waals surface area contributed by atoms with Crippen LogP contribution in [0.1, 0.15) is 34.6 Å². The van der Waals surface area contributed by atoms with Crippen molar-refractivity contribution in [3.8, 4) is 0 Å². The van der Waals surface area contributed by atoms with E-state index in [0.29, 0.717) is 18.8 Å². The molecule has 1 atom stereocenters. The van der Waals surface area contributed by atoms with Crippen LogP contribution < -0.4 is 0 Å². The van der Waals surface area contributed by atoms with Crippen LogP contribution in [0.25, 0.3) is 0 Å². The first-order valence-corrected chi connectivity index (χ1v) is 7.13. The van der Waals surface area contributed by atoms with Crippen molar-refractivity contribution in [2.24, 2.45) is 0 Å². The number of hydrogen-bond acceptors (Lipinski definition) is 3. The molecule has 3 rings (SSSR count). The van der Waals surface area contributed by atoms with E-state index in [0.717, 1.165) is 17.7 Å². The Bertz CT molecular complexity index is 679. The summed E-state index contributed by atoms with van der Waals surface area (Å²) in [6.45, 7) is 0.982. The van der Waals surface area contributed by atoms with Crippen LogP contribution in [0.2, 0.25) is 0 Å². The Balaban J connectivity index is 1.88. The standard InChI is InChI=1S/C17H15F3O3/c18-17(19,20)14-6-2-4-12(10-14)15(21)11-3-1-5-13(9-11)16-22-7-8-23-16/h1-6,9-10,15-16,21H,7-8H2. The molecule has 2 aromatic carbocycles. The van der Waals surface area contributed by atoms with Gasteiger partial charge in [-0.1, -0.05) is 30.3 Å². The third-order valence-corrected chi connectivity index (χ3v) is 3.65. The van der Waals surface area contributed by atoms with Crippen molar-refractivity contribution in [1.82, 2.24) is 0 Å². The zero-order valence-corrected chi connectivity index (χ0v) is 12.1. The Hall–Kier alpha value is -1.89. The van der Waals surface area contributed by atoms with E-state index in [-0.39, 0.29) is 5.56 Å². The lowest BCUT2D eigenvalue weighted by atomic mass is 9.98. The highest BCUT2D eigenvalue weighted by molar-refractivity contribution is 5.35. The van der Waals surface area contributed by atoms with Gasteiger partial charge in [0.05, 0.1) is 18.8 Å². The molecule has 2 aromatic rings. The molecule has 122 valence electrons. The molecule has 3 nitrogen and oxygen atoms in total. The summed E-state index contributed by atoms with van der Waals surface area (Å²) in [6, 6.07) is 11.5. The molecule has 0 bridgehead atoms. The molecule has 0 aliphatic carbocycles. The molecule has 1 unspecified atom stereocenters. The Labute approximate surface area is 131 Å². The molecule has 6 heteroatoms. The monoisotopic (exact) mass is 324 g/mol. The molecule has 1 N–H and O–H groups in total. The van der Waals surface area contributed by atoms with Crippen molar-refractivity contribution in [2.45, 2.75) is 18.6 Å². The van der Waals surface area contributed by atoms with E-state index in [1.165, 1.54) is 12.1 Å². The number of alkyl halides is 3. The molecular formula is C17H15F3O3. The number of rotatable bonds is 3. The lowest BCUT2D eigenvalue weighted by molar-refractivity contribution is -0.137. The lowest BCUT2D eigenvalue weighted by Gasteiger charge is -2.16. The van der Waals surface area contributed by atoms with Crippen molar-refractivity contribution in [2.75, 3.05) is 13.2 Å². The zero-order valence-electron chi connectivity index (χ0n) is 12.1. The molecule has 1 fully saturated rings. The van der Waals surface area contributed by atoms with Crippen LogP contribution in [0.4, 0.5) is 13.2 Å². The van der Waals surface area contributed by atoms with E-state index in [9.17, 15) is 18.3 Å². The van der Waals surface area contributed by atoms with Gasteiger partial charge < -0.3 is 14.6 Å². The van der Waals surface area contributed by atoms with Crippen LogP contribution in [0.3, 0.4) is 0 Å². The number of benzene rings is 2. The zero-order chi connectivity index (χ0) is 16.4. The Kier molecular flexibility index (Phi) is 4.39. The third-order valence-electron chi connectivity index (χ3n) is 3.65. The van der Waals surface area contributed by atoms with Crippen LogP contribution in [0.15, 0.2) is 48.5 Å². The van der Waals surface area contributed by atoms with E-state index in [1.54, 1.807) is 24.3 Å². The molecule has 1 heterocycles. The van der Waals surface area contributed by atoms with E-state index >= 15 is 0 Å². The Morgan fingerprint density at radius 1 is 0.957 bits per heavy atom. The highest BCUT2D eigenvalue weighted by atomic mass is 19.4. The van der Waals surface area contributed by atoms with Crippen LogP contribution in [0.5, 0.6) is 0 Å². The summed E-state index contributed by atoms with van der Waals surface area (Å²) in [5.41, 5.74) is 0.616. The normalized spacial score (nSPS) is 17.4. The predicted molar refractivity (Wildman–Crippen MR) is 76.6 cm³/mol. The average Bonchev–Trinajstić information content (AvgIpc) is 3.08. The minimum absolute atomic E-state index is 0.185. The van der Waals surface area contributed by atoms with E-state index in [4.69, 9.17) is 9.47 Å². The summed E-state index contributed by atoms with van der Waals surface area (Å²) in [6.07, 6.45) is -6.09. The van der Waals surface area contributed by atoms with Crippen molar-refractivity contribution in [1.29, 1.82) is 0 Å². The summed E-state index contributed by atoms with van der Waals surface area (Å²) in [4.78, 5) is 0. The first-order valence-electron chi connectivity index (χ1n) is 7.13. The molecular weight excluding hydrogens is 309 g/mol. The van der Waals surface area contributed by atoms with Gasteiger partial charge in [0.25, 0.3) is 0 Å². The van der Waals surface area contributed by atoms with E-state index in [2.05, 4.69) is 0 Å². The van der Waals surface area contributed by atoms with Gasteiger partial charge >= 0.3 is 6.18 Å². The van der Waals surface area contributed by atoms with Gasteiger partial charge in [0, 0.05) is 5.56 Å². The number of halogens is 3. The van der Waals surface area contributed by atoms with Crippen LogP contribution in [0, 0.1) is 0 Å². The second-order valence-electron chi connectivity index (χ2n) is 5.27. The summed E-state index contributed by atoms with van der Waals surface area (Å²) in [5.74, 6) is 0. The summed E-state index contributed by atoms with van der Waals surface area (Å²) >= 11 is 0. The second kappa shape index (κ2) is 6.31. The fourth-order valence-electron chi connectivity index (χ4n) is 2.50. The van der Waals surface area contributed by atoms with Gasteiger partial charge in [0.2, 0.25) is 0 Å². The van der Waals surface area contributed by atoms with Crippen LogP contribution in [-0.2, 0) is 15.7 Å². The molecule has 0 saturated carbocycles. The Morgan fingerprint density at radius 2 is 1.57 bits per heavy atom. The first-order chi connectivity index (χ1) is 10.9. The molecule has 0 radical (unpaired) electrons. The van der Waals surface area contributed by atoms with Gasteiger partial charge in [0.15, 0.2) is 6.29 Å². The summed E-state index contributed by atoms with van der Waals surface area (Å²) in [5, 5.41) is 10.4. The number of ether oxygens (including phenoxy) is 2. The molecule has 0 amide bonds. The summed E-state index contributed by atoms with van der Waals surface area (Å²) in [7, 11) is 0. The number of hydrogen-bond donors (Lipinski definition) is 1. The fraction of sp³-hybridized carbons (Fsp3) is 0.294. The van der Waals surface area contributed by atoms with Crippen LogP contribution in [-0.4, -0.2) is 18.3 Å². The van der Waals surface area contributed by atoms with Gasteiger partial charge in [-0.25, -0.2) is 0 Å². The maximum Gasteiger partial charge on any atom is 0.416 e. The van der Waals surface area contributed by atoms with Gasteiger partial charge in [-0.3, -0.25) is 0 Å². The molecule has 23 heavy (non-hydrogen) atoms. The van der Waals surface area contributed by atoms with Gasteiger partial charge in [0.1, 0.15) is 6.10 Å².